The summed E-state index contributed by atoms with van der Waals surface area (Å²) in [6, 6.07) is 13.7. The molecule has 2 aromatic carbocycles. The van der Waals surface area contributed by atoms with Gasteiger partial charge in [-0.25, -0.2) is 14.8 Å². The third-order valence-electron chi connectivity index (χ3n) is 3.69. The maximum Gasteiger partial charge on any atom is 0.335 e. The molecule has 0 bridgehead atoms. The standard InChI is InChI=1S/C18H14N4O4/c23-18(24)11-2-1-3-12(6-11)21-16-8-17(20-9-19-16)22-13-4-5-14-15(7-13)26-10-25-14/h1-9H,10H2,(H,23,24)(H2,19,20,21,22). The summed E-state index contributed by atoms with van der Waals surface area (Å²) in [4.78, 5) is 19.4. The molecule has 130 valence electrons. The molecular weight excluding hydrogens is 336 g/mol. The molecule has 1 aliphatic rings. The molecule has 0 amide bonds. The Kier molecular flexibility index (Phi) is 3.98. The molecule has 0 unspecified atom stereocenters. The van der Waals surface area contributed by atoms with Gasteiger partial charge in [0.1, 0.15) is 18.0 Å². The Morgan fingerprint density at radius 2 is 1.65 bits per heavy atom. The lowest BCUT2D eigenvalue weighted by Gasteiger charge is -2.09. The lowest BCUT2D eigenvalue weighted by molar-refractivity contribution is 0.0697. The number of anilines is 4. The Labute approximate surface area is 148 Å². The monoisotopic (exact) mass is 350 g/mol. The van der Waals surface area contributed by atoms with Crippen LogP contribution in [0.2, 0.25) is 0 Å². The molecule has 1 aromatic heterocycles. The first-order valence-corrected chi connectivity index (χ1v) is 7.76. The van der Waals surface area contributed by atoms with Gasteiger partial charge in [-0.05, 0) is 30.3 Å². The summed E-state index contributed by atoms with van der Waals surface area (Å²) in [5, 5.41) is 15.3. The zero-order chi connectivity index (χ0) is 17.9. The number of nitrogens with one attached hydrogen (secondary N) is 2. The third kappa shape index (κ3) is 3.34. The van der Waals surface area contributed by atoms with E-state index < -0.39 is 5.97 Å². The topological polar surface area (TPSA) is 106 Å². The van der Waals surface area contributed by atoms with E-state index in [0.717, 1.165) is 5.69 Å². The number of fused-ring (bicyclic) bond motifs is 1. The van der Waals surface area contributed by atoms with Gasteiger partial charge >= 0.3 is 5.97 Å². The summed E-state index contributed by atoms with van der Waals surface area (Å²) < 4.78 is 10.6. The number of carboxylic acids is 1. The maximum atomic E-state index is 11.1. The molecular formula is C18H14N4O4. The summed E-state index contributed by atoms with van der Waals surface area (Å²) in [6.45, 7) is 0.218. The van der Waals surface area contributed by atoms with Crippen molar-refractivity contribution >= 4 is 29.0 Å². The van der Waals surface area contributed by atoms with Crippen molar-refractivity contribution in [2.75, 3.05) is 17.4 Å². The first kappa shape index (κ1) is 15.7. The second-order valence-corrected chi connectivity index (χ2v) is 5.49. The normalized spacial score (nSPS) is 11.8. The minimum atomic E-state index is -0.985. The van der Waals surface area contributed by atoms with Crippen LogP contribution in [0, 0.1) is 0 Å². The molecule has 0 saturated heterocycles. The number of aromatic nitrogens is 2. The first-order valence-electron chi connectivity index (χ1n) is 7.76. The number of benzene rings is 2. The molecule has 3 N–H and O–H groups in total. The van der Waals surface area contributed by atoms with Crippen molar-refractivity contribution in [1.29, 1.82) is 0 Å². The molecule has 1 aliphatic heterocycles. The highest BCUT2D eigenvalue weighted by Gasteiger charge is 2.13. The van der Waals surface area contributed by atoms with Gasteiger partial charge in [-0.3, -0.25) is 0 Å². The van der Waals surface area contributed by atoms with Gasteiger partial charge in [-0.1, -0.05) is 6.07 Å². The van der Waals surface area contributed by atoms with E-state index in [2.05, 4.69) is 20.6 Å². The largest absolute Gasteiger partial charge is 0.478 e. The van der Waals surface area contributed by atoms with Crippen molar-refractivity contribution in [3.63, 3.8) is 0 Å². The van der Waals surface area contributed by atoms with Crippen LogP contribution < -0.4 is 20.1 Å². The van der Waals surface area contributed by atoms with Crippen LogP contribution >= 0.6 is 0 Å². The van der Waals surface area contributed by atoms with Crippen LogP contribution in [0.4, 0.5) is 23.0 Å². The van der Waals surface area contributed by atoms with Crippen LogP contribution in [0.1, 0.15) is 10.4 Å². The van der Waals surface area contributed by atoms with E-state index in [-0.39, 0.29) is 12.4 Å². The van der Waals surface area contributed by atoms with Gasteiger partial charge in [0.15, 0.2) is 11.5 Å². The maximum absolute atomic E-state index is 11.1. The van der Waals surface area contributed by atoms with Gasteiger partial charge in [0.2, 0.25) is 6.79 Å². The number of carbonyl (C=O) groups is 1. The SMILES string of the molecule is O=C(O)c1cccc(Nc2cc(Nc3ccc4c(c3)OCO4)ncn2)c1. The van der Waals surface area contributed by atoms with Crippen molar-refractivity contribution in [1.82, 2.24) is 9.97 Å². The van der Waals surface area contributed by atoms with Gasteiger partial charge < -0.3 is 25.2 Å². The molecule has 26 heavy (non-hydrogen) atoms. The molecule has 0 radical (unpaired) electrons. The zero-order valence-corrected chi connectivity index (χ0v) is 13.5. The second kappa shape index (κ2) is 6.60. The second-order valence-electron chi connectivity index (χ2n) is 5.49. The Hall–Kier alpha value is -3.81. The molecule has 4 rings (SSSR count). The van der Waals surface area contributed by atoms with Crippen molar-refractivity contribution in [3.05, 3.63) is 60.4 Å². The Bertz CT molecular complexity index is 977. The Morgan fingerprint density at radius 3 is 2.42 bits per heavy atom. The average Bonchev–Trinajstić information content (AvgIpc) is 3.10. The number of hydrogen-bond donors (Lipinski definition) is 3. The average molecular weight is 350 g/mol. The predicted octanol–water partition coefficient (Wildman–Crippen LogP) is 3.39. The molecule has 0 aliphatic carbocycles. The van der Waals surface area contributed by atoms with E-state index in [9.17, 15) is 4.79 Å². The number of ether oxygens (including phenoxy) is 2. The number of hydrogen-bond acceptors (Lipinski definition) is 7. The van der Waals surface area contributed by atoms with Gasteiger partial charge in [-0.2, -0.15) is 0 Å². The van der Waals surface area contributed by atoms with Crippen LogP contribution in [0.15, 0.2) is 54.9 Å². The molecule has 2 heterocycles. The lowest BCUT2D eigenvalue weighted by Crippen LogP contribution is -2.00. The van der Waals surface area contributed by atoms with Crippen molar-refractivity contribution in [2.24, 2.45) is 0 Å². The lowest BCUT2D eigenvalue weighted by atomic mass is 10.2. The van der Waals surface area contributed by atoms with Gasteiger partial charge in [0.05, 0.1) is 5.56 Å². The smallest absolute Gasteiger partial charge is 0.335 e. The highest BCUT2D eigenvalue weighted by Crippen LogP contribution is 2.35. The molecule has 0 fully saturated rings. The molecule has 3 aromatic rings. The predicted molar refractivity (Wildman–Crippen MR) is 94.6 cm³/mol. The van der Waals surface area contributed by atoms with E-state index in [1.165, 1.54) is 18.5 Å². The van der Waals surface area contributed by atoms with Crippen molar-refractivity contribution in [3.8, 4) is 11.5 Å². The highest BCUT2D eigenvalue weighted by atomic mass is 16.7. The Balaban J connectivity index is 1.51. The minimum Gasteiger partial charge on any atom is -0.478 e. The highest BCUT2D eigenvalue weighted by molar-refractivity contribution is 5.89. The first-order chi connectivity index (χ1) is 12.7. The molecule has 8 heteroatoms. The number of aromatic carboxylic acids is 1. The third-order valence-corrected chi connectivity index (χ3v) is 3.69. The summed E-state index contributed by atoms with van der Waals surface area (Å²) in [7, 11) is 0. The van der Waals surface area contributed by atoms with Crippen molar-refractivity contribution in [2.45, 2.75) is 0 Å². The quantitative estimate of drug-likeness (QED) is 0.643. The fraction of sp³-hybridized carbons (Fsp3) is 0.0556. The van der Waals surface area contributed by atoms with Crippen LogP contribution in [-0.2, 0) is 0 Å². The number of carboxylic acid groups (broad SMARTS) is 1. The van der Waals surface area contributed by atoms with E-state index >= 15 is 0 Å². The van der Waals surface area contributed by atoms with Crippen LogP contribution in [0.5, 0.6) is 11.5 Å². The summed E-state index contributed by atoms with van der Waals surface area (Å²) in [6.07, 6.45) is 1.42. The van der Waals surface area contributed by atoms with E-state index in [4.69, 9.17) is 14.6 Å². The van der Waals surface area contributed by atoms with E-state index in [0.29, 0.717) is 28.8 Å². The van der Waals surface area contributed by atoms with Gasteiger partial charge in [-0.15, -0.1) is 0 Å². The van der Waals surface area contributed by atoms with Crippen molar-refractivity contribution < 1.29 is 19.4 Å². The number of rotatable bonds is 5. The summed E-state index contributed by atoms with van der Waals surface area (Å²) in [5.41, 5.74) is 1.62. The van der Waals surface area contributed by atoms with Crippen LogP contribution in [0.25, 0.3) is 0 Å². The Morgan fingerprint density at radius 1 is 0.923 bits per heavy atom. The fourth-order valence-corrected chi connectivity index (χ4v) is 2.49. The molecule has 0 atom stereocenters. The van der Waals surface area contributed by atoms with Crippen LogP contribution in [-0.4, -0.2) is 27.8 Å². The molecule has 0 spiro atoms. The van der Waals surface area contributed by atoms with Gasteiger partial charge in [0.25, 0.3) is 0 Å². The number of nitrogens with zero attached hydrogens (tertiary/aromatic N) is 2. The van der Waals surface area contributed by atoms with E-state index in [1.54, 1.807) is 18.2 Å². The molecule has 0 saturated carbocycles. The zero-order valence-electron chi connectivity index (χ0n) is 13.5. The molecule has 8 nitrogen and oxygen atoms in total. The van der Waals surface area contributed by atoms with Gasteiger partial charge in [0, 0.05) is 23.5 Å². The van der Waals surface area contributed by atoms with Crippen LogP contribution in [0.3, 0.4) is 0 Å². The van der Waals surface area contributed by atoms with E-state index in [1.807, 2.05) is 18.2 Å². The fourth-order valence-electron chi connectivity index (χ4n) is 2.49. The summed E-state index contributed by atoms with van der Waals surface area (Å²) in [5.74, 6) is 1.51. The summed E-state index contributed by atoms with van der Waals surface area (Å²) >= 11 is 0. The minimum absolute atomic E-state index is 0.197.